The van der Waals surface area contributed by atoms with E-state index in [1.165, 1.54) is 12.1 Å². The Hall–Kier alpha value is -2.93. The van der Waals surface area contributed by atoms with E-state index in [1.54, 1.807) is 24.3 Å². The van der Waals surface area contributed by atoms with Crippen LogP contribution in [0.4, 0.5) is 5.69 Å². The maximum Gasteiger partial charge on any atom is 0.277 e. The summed E-state index contributed by atoms with van der Waals surface area (Å²) in [5.74, 6) is 0. The molecule has 0 fully saturated rings. The predicted octanol–water partition coefficient (Wildman–Crippen LogP) is 3.80. The number of nitriles is 1. The molecule has 0 N–H and O–H groups in total. The van der Waals surface area contributed by atoms with Gasteiger partial charge in [0.05, 0.1) is 16.6 Å². The van der Waals surface area contributed by atoms with Crippen LogP contribution in [0.25, 0.3) is 17.2 Å². The van der Waals surface area contributed by atoms with Crippen LogP contribution in [0.5, 0.6) is 0 Å². The summed E-state index contributed by atoms with van der Waals surface area (Å²) in [6, 6.07) is 15.8. The molecule has 0 aliphatic rings. The van der Waals surface area contributed by atoms with Crippen molar-refractivity contribution in [3.63, 3.8) is 0 Å². The second-order valence-electron chi connectivity index (χ2n) is 3.86. The van der Waals surface area contributed by atoms with Gasteiger partial charge in [0.1, 0.15) is 0 Å². The number of nitro groups is 1. The van der Waals surface area contributed by atoms with Crippen molar-refractivity contribution in [2.75, 3.05) is 0 Å². The van der Waals surface area contributed by atoms with Gasteiger partial charge in [-0.2, -0.15) is 5.26 Å². The maximum absolute atomic E-state index is 11.0. The van der Waals surface area contributed by atoms with Crippen LogP contribution in [0, 0.1) is 21.4 Å². The summed E-state index contributed by atoms with van der Waals surface area (Å²) in [7, 11) is 0. The molecule has 0 heterocycles. The number of para-hydroxylation sites is 1. The molecule has 92 valence electrons. The Bertz CT molecular complexity index is 685. The molecule has 2 rings (SSSR count). The lowest BCUT2D eigenvalue weighted by molar-refractivity contribution is -0.384. The van der Waals surface area contributed by atoms with E-state index in [9.17, 15) is 10.1 Å². The number of hydrogen-bond donors (Lipinski definition) is 0. The number of nitrogens with zero attached hydrogens (tertiary/aromatic N) is 2. The lowest BCUT2D eigenvalue weighted by Gasteiger charge is -2.04. The molecule has 19 heavy (non-hydrogen) atoms. The normalized spacial score (nSPS) is 10.3. The third-order valence-corrected chi connectivity index (χ3v) is 2.65. The minimum Gasteiger partial charge on any atom is -0.258 e. The first-order valence-electron chi connectivity index (χ1n) is 5.62. The van der Waals surface area contributed by atoms with Gasteiger partial charge in [0.15, 0.2) is 0 Å². The van der Waals surface area contributed by atoms with E-state index in [0.717, 1.165) is 11.1 Å². The molecular formula is C15H10N2O2. The molecule has 0 aliphatic carbocycles. The molecule has 4 heteroatoms. The van der Waals surface area contributed by atoms with Gasteiger partial charge < -0.3 is 0 Å². The van der Waals surface area contributed by atoms with Gasteiger partial charge in [-0.3, -0.25) is 10.1 Å². The summed E-state index contributed by atoms with van der Waals surface area (Å²) in [6.45, 7) is 0. The Morgan fingerprint density at radius 1 is 1.16 bits per heavy atom. The molecule has 0 saturated carbocycles. The molecule has 0 unspecified atom stereocenters. The van der Waals surface area contributed by atoms with Crippen molar-refractivity contribution in [1.29, 1.82) is 5.26 Å². The summed E-state index contributed by atoms with van der Waals surface area (Å²) < 4.78 is 0. The molecule has 2 aromatic rings. The summed E-state index contributed by atoms with van der Waals surface area (Å²) >= 11 is 0. The Labute approximate surface area is 110 Å². The minimum absolute atomic E-state index is 0.0731. The zero-order valence-electron chi connectivity index (χ0n) is 9.98. The lowest BCUT2D eigenvalue weighted by atomic mass is 10.0. The number of hydrogen-bond acceptors (Lipinski definition) is 3. The average molecular weight is 250 g/mol. The van der Waals surface area contributed by atoms with E-state index >= 15 is 0 Å². The SMILES string of the molecule is N#CC=Cc1cccc(-c2ccccc2[N+](=O)[O-])c1. The number of rotatable bonds is 3. The van der Waals surface area contributed by atoms with Gasteiger partial charge in [0, 0.05) is 12.1 Å². The van der Waals surface area contributed by atoms with Gasteiger partial charge >= 0.3 is 0 Å². The van der Waals surface area contributed by atoms with Crippen LogP contribution in [0.2, 0.25) is 0 Å². The zero-order valence-corrected chi connectivity index (χ0v) is 9.98. The largest absolute Gasteiger partial charge is 0.277 e. The number of benzene rings is 2. The van der Waals surface area contributed by atoms with E-state index in [1.807, 2.05) is 30.3 Å². The van der Waals surface area contributed by atoms with Crippen LogP contribution in [0.15, 0.2) is 54.6 Å². The van der Waals surface area contributed by atoms with Crippen LogP contribution in [0.3, 0.4) is 0 Å². The van der Waals surface area contributed by atoms with Gasteiger partial charge in [0.2, 0.25) is 0 Å². The van der Waals surface area contributed by atoms with Crippen molar-refractivity contribution in [2.24, 2.45) is 0 Å². The molecule has 0 amide bonds. The molecule has 0 aliphatic heterocycles. The van der Waals surface area contributed by atoms with Gasteiger partial charge in [0.25, 0.3) is 5.69 Å². The molecule has 0 bridgehead atoms. The second-order valence-corrected chi connectivity index (χ2v) is 3.86. The molecule has 2 aromatic carbocycles. The van der Waals surface area contributed by atoms with E-state index in [2.05, 4.69) is 0 Å². The van der Waals surface area contributed by atoms with E-state index in [4.69, 9.17) is 5.26 Å². The summed E-state index contributed by atoms with van der Waals surface area (Å²) in [6.07, 6.45) is 3.04. The molecule has 0 atom stereocenters. The molecular weight excluding hydrogens is 240 g/mol. The average Bonchev–Trinajstić information content (AvgIpc) is 2.45. The fourth-order valence-corrected chi connectivity index (χ4v) is 1.82. The Morgan fingerprint density at radius 2 is 1.95 bits per heavy atom. The van der Waals surface area contributed by atoms with Crippen LogP contribution in [-0.4, -0.2) is 4.92 Å². The van der Waals surface area contributed by atoms with Gasteiger partial charge in [-0.1, -0.05) is 30.3 Å². The second kappa shape index (κ2) is 5.61. The first-order chi connectivity index (χ1) is 9.22. The van der Waals surface area contributed by atoms with Crippen LogP contribution in [-0.2, 0) is 0 Å². The summed E-state index contributed by atoms with van der Waals surface area (Å²) in [5, 5.41) is 19.5. The highest BCUT2D eigenvalue weighted by Crippen LogP contribution is 2.29. The topological polar surface area (TPSA) is 66.9 Å². The Balaban J connectivity index is 2.51. The van der Waals surface area contributed by atoms with Crippen LogP contribution < -0.4 is 0 Å². The summed E-state index contributed by atoms with van der Waals surface area (Å²) in [4.78, 5) is 10.6. The van der Waals surface area contributed by atoms with Crippen molar-refractivity contribution in [1.82, 2.24) is 0 Å². The molecule has 0 aromatic heterocycles. The van der Waals surface area contributed by atoms with Crippen LogP contribution >= 0.6 is 0 Å². The number of nitro benzene ring substituents is 1. The van der Waals surface area contributed by atoms with Crippen molar-refractivity contribution in [2.45, 2.75) is 0 Å². The molecule has 0 saturated heterocycles. The van der Waals surface area contributed by atoms with Crippen molar-refractivity contribution < 1.29 is 4.92 Å². The monoisotopic (exact) mass is 250 g/mol. The van der Waals surface area contributed by atoms with Gasteiger partial charge in [-0.15, -0.1) is 0 Å². The summed E-state index contributed by atoms with van der Waals surface area (Å²) in [5.41, 5.74) is 2.23. The van der Waals surface area contributed by atoms with Crippen molar-refractivity contribution in [3.05, 3.63) is 70.3 Å². The molecule has 4 nitrogen and oxygen atoms in total. The van der Waals surface area contributed by atoms with E-state index in [-0.39, 0.29) is 5.69 Å². The Morgan fingerprint density at radius 3 is 2.68 bits per heavy atom. The first kappa shape index (κ1) is 12.5. The minimum atomic E-state index is -0.396. The lowest BCUT2D eigenvalue weighted by Crippen LogP contribution is -1.91. The van der Waals surface area contributed by atoms with E-state index < -0.39 is 4.92 Å². The smallest absolute Gasteiger partial charge is 0.258 e. The zero-order chi connectivity index (χ0) is 13.7. The standard InChI is InChI=1S/C15H10N2O2/c16-10-4-6-12-5-3-7-13(11-12)14-8-1-2-9-15(14)17(18)19/h1-9,11H. The highest BCUT2D eigenvalue weighted by atomic mass is 16.6. The quantitative estimate of drug-likeness (QED) is 0.472. The van der Waals surface area contributed by atoms with Gasteiger partial charge in [-0.25, -0.2) is 0 Å². The predicted molar refractivity (Wildman–Crippen MR) is 73.2 cm³/mol. The van der Waals surface area contributed by atoms with E-state index in [0.29, 0.717) is 5.56 Å². The molecule has 0 radical (unpaired) electrons. The fraction of sp³-hybridized carbons (Fsp3) is 0. The highest BCUT2D eigenvalue weighted by Gasteiger charge is 2.13. The first-order valence-corrected chi connectivity index (χ1v) is 5.62. The fourth-order valence-electron chi connectivity index (χ4n) is 1.82. The highest BCUT2D eigenvalue weighted by molar-refractivity contribution is 5.75. The Kier molecular flexibility index (Phi) is 3.70. The molecule has 0 spiro atoms. The van der Waals surface area contributed by atoms with Crippen LogP contribution in [0.1, 0.15) is 5.56 Å². The maximum atomic E-state index is 11.0. The van der Waals surface area contributed by atoms with Crippen molar-refractivity contribution in [3.8, 4) is 17.2 Å². The van der Waals surface area contributed by atoms with Gasteiger partial charge in [-0.05, 0) is 29.3 Å². The third-order valence-electron chi connectivity index (χ3n) is 2.65. The number of allylic oxidation sites excluding steroid dienone is 1. The third kappa shape index (κ3) is 2.85. The van der Waals surface area contributed by atoms with Crippen molar-refractivity contribution >= 4 is 11.8 Å².